The second-order valence-electron chi connectivity index (χ2n) is 7.67. The van der Waals surface area contributed by atoms with E-state index in [0.717, 1.165) is 0 Å². The summed E-state index contributed by atoms with van der Waals surface area (Å²) in [6, 6.07) is -3.25. The average molecular weight is 458 g/mol. The topological polar surface area (TPSA) is 141 Å². The van der Waals surface area contributed by atoms with Gasteiger partial charge in [-0.15, -0.1) is 13.2 Å². The number of nitrogens with one attached hydrogen (secondary N) is 3. The minimum Gasteiger partial charge on any atom is -0.467 e. The number of hydrogen-bond donors (Lipinski definition) is 3. The highest BCUT2D eigenvalue weighted by molar-refractivity contribution is 5.92. The number of rotatable bonds is 14. The van der Waals surface area contributed by atoms with Gasteiger partial charge in [0.15, 0.2) is 6.04 Å². The van der Waals surface area contributed by atoms with Gasteiger partial charge in [0.2, 0.25) is 11.8 Å². The minimum atomic E-state index is -1.13. The van der Waals surface area contributed by atoms with Gasteiger partial charge in [0.1, 0.15) is 17.7 Å². The Balaban J connectivity index is 5.07. The standard InChI is InChI=1S/C21H35N3O8/c1-8-10-30-12-15(24-20(28)32-21(4,5)6)18(26)22-14(3)17(25)23-16(19(27)29-7)13-31-11-9-2/h8-9,14-16H,1-2,10-13H2,3-7H3,(H,22,26)(H,23,25)(H,24,28)/t14-,15-,16-/m0/s1. The maximum Gasteiger partial charge on any atom is 0.408 e. The van der Waals surface area contributed by atoms with Crippen molar-refractivity contribution < 1.29 is 38.1 Å². The summed E-state index contributed by atoms with van der Waals surface area (Å²) >= 11 is 0. The van der Waals surface area contributed by atoms with Crippen LogP contribution >= 0.6 is 0 Å². The van der Waals surface area contributed by atoms with E-state index in [1.807, 2.05) is 0 Å². The van der Waals surface area contributed by atoms with Crippen molar-refractivity contribution in [3.63, 3.8) is 0 Å². The van der Waals surface area contributed by atoms with Crippen LogP contribution in [0.5, 0.6) is 0 Å². The summed E-state index contributed by atoms with van der Waals surface area (Å²) in [5, 5.41) is 7.33. The summed E-state index contributed by atoms with van der Waals surface area (Å²) in [5.41, 5.74) is -0.767. The number of esters is 1. The fourth-order valence-corrected chi connectivity index (χ4v) is 2.16. The van der Waals surface area contributed by atoms with Crippen LogP contribution in [0.2, 0.25) is 0 Å². The van der Waals surface area contributed by atoms with Gasteiger partial charge in [0.05, 0.1) is 33.5 Å². The molecule has 0 saturated heterocycles. The number of ether oxygens (including phenoxy) is 4. The molecule has 0 heterocycles. The van der Waals surface area contributed by atoms with Crippen molar-refractivity contribution in [2.45, 2.75) is 51.4 Å². The van der Waals surface area contributed by atoms with Crippen molar-refractivity contribution in [1.29, 1.82) is 0 Å². The molecule has 0 unspecified atom stereocenters. The second-order valence-corrected chi connectivity index (χ2v) is 7.67. The SMILES string of the molecule is C=CCOC[C@H](NC(=O)OC(C)(C)C)C(=O)N[C@@H](C)C(=O)N[C@@H](COCC=C)C(=O)OC. The lowest BCUT2D eigenvalue weighted by Crippen LogP contribution is -2.56. The van der Waals surface area contributed by atoms with E-state index < -0.39 is 47.6 Å². The van der Waals surface area contributed by atoms with Crippen molar-refractivity contribution in [1.82, 2.24) is 16.0 Å². The van der Waals surface area contributed by atoms with Crippen LogP contribution in [0, 0.1) is 0 Å². The lowest BCUT2D eigenvalue weighted by atomic mass is 10.2. The van der Waals surface area contributed by atoms with Gasteiger partial charge in [0.25, 0.3) is 0 Å². The lowest BCUT2D eigenvalue weighted by Gasteiger charge is -2.24. The van der Waals surface area contributed by atoms with Crippen molar-refractivity contribution >= 4 is 23.9 Å². The number of alkyl carbamates (subject to hydrolysis) is 1. The highest BCUT2D eigenvalue weighted by Crippen LogP contribution is 2.07. The van der Waals surface area contributed by atoms with E-state index >= 15 is 0 Å². The zero-order valence-electron chi connectivity index (χ0n) is 19.4. The molecule has 0 saturated carbocycles. The molecule has 3 N–H and O–H groups in total. The highest BCUT2D eigenvalue weighted by Gasteiger charge is 2.29. The van der Waals surface area contributed by atoms with Gasteiger partial charge >= 0.3 is 12.1 Å². The predicted octanol–water partition coefficient (Wildman–Crippen LogP) is 0.447. The number of methoxy groups -OCH3 is 1. The molecule has 11 heteroatoms. The Bertz CT molecular complexity index is 660. The lowest BCUT2D eigenvalue weighted by molar-refractivity contribution is -0.147. The van der Waals surface area contributed by atoms with Gasteiger partial charge < -0.3 is 34.9 Å². The van der Waals surface area contributed by atoms with E-state index in [-0.39, 0.29) is 26.4 Å². The van der Waals surface area contributed by atoms with Gasteiger partial charge in [-0.05, 0) is 27.7 Å². The van der Waals surface area contributed by atoms with E-state index in [4.69, 9.17) is 14.2 Å². The van der Waals surface area contributed by atoms with Gasteiger partial charge in [-0.25, -0.2) is 9.59 Å². The molecule has 0 aliphatic heterocycles. The molecule has 0 aliphatic rings. The third-order valence-corrected chi connectivity index (χ3v) is 3.60. The molecule has 0 fully saturated rings. The summed E-state index contributed by atoms with van der Waals surface area (Å²) in [6.07, 6.45) is 2.16. The molecule has 0 aromatic carbocycles. The first-order chi connectivity index (χ1) is 14.9. The van der Waals surface area contributed by atoms with E-state index in [2.05, 4.69) is 33.8 Å². The number of amides is 3. The van der Waals surface area contributed by atoms with E-state index in [1.54, 1.807) is 20.8 Å². The van der Waals surface area contributed by atoms with Crippen LogP contribution in [-0.4, -0.2) is 81.1 Å². The van der Waals surface area contributed by atoms with Crippen molar-refractivity contribution in [2.75, 3.05) is 33.5 Å². The van der Waals surface area contributed by atoms with Crippen LogP contribution in [0.1, 0.15) is 27.7 Å². The number of carbonyl (C=O) groups is 4. The summed E-state index contributed by atoms with van der Waals surface area (Å²) in [4.78, 5) is 49.0. The molecule has 182 valence electrons. The smallest absolute Gasteiger partial charge is 0.408 e. The molecule has 0 aromatic rings. The largest absolute Gasteiger partial charge is 0.467 e. The third kappa shape index (κ3) is 12.7. The molecule has 32 heavy (non-hydrogen) atoms. The van der Waals surface area contributed by atoms with Crippen LogP contribution in [0.15, 0.2) is 25.3 Å². The zero-order valence-corrected chi connectivity index (χ0v) is 19.4. The van der Waals surface area contributed by atoms with Crippen molar-refractivity contribution in [3.05, 3.63) is 25.3 Å². The molecule has 0 spiro atoms. The van der Waals surface area contributed by atoms with Gasteiger partial charge in [0, 0.05) is 0 Å². The quantitative estimate of drug-likeness (QED) is 0.194. The van der Waals surface area contributed by atoms with Crippen LogP contribution < -0.4 is 16.0 Å². The van der Waals surface area contributed by atoms with Gasteiger partial charge in [-0.1, -0.05) is 12.2 Å². The first-order valence-electron chi connectivity index (χ1n) is 10.0. The van der Waals surface area contributed by atoms with Crippen LogP contribution in [-0.2, 0) is 33.3 Å². The molecular weight excluding hydrogens is 422 g/mol. The van der Waals surface area contributed by atoms with E-state index in [1.165, 1.54) is 26.2 Å². The monoisotopic (exact) mass is 457 g/mol. The normalized spacial score (nSPS) is 13.7. The summed E-state index contributed by atoms with van der Waals surface area (Å²) in [6.45, 7) is 13.5. The van der Waals surface area contributed by atoms with Gasteiger partial charge in [-0.2, -0.15) is 0 Å². The van der Waals surface area contributed by atoms with E-state index in [9.17, 15) is 19.2 Å². The molecule has 0 aliphatic carbocycles. The summed E-state index contributed by atoms with van der Waals surface area (Å²) in [7, 11) is 1.18. The fourth-order valence-electron chi connectivity index (χ4n) is 2.16. The van der Waals surface area contributed by atoms with E-state index in [0.29, 0.717) is 0 Å². The Morgan fingerprint density at radius 1 is 0.875 bits per heavy atom. The first-order valence-corrected chi connectivity index (χ1v) is 10.0. The zero-order chi connectivity index (χ0) is 24.7. The molecule has 11 nitrogen and oxygen atoms in total. The van der Waals surface area contributed by atoms with Crippen LogP contribution in [0.25, 0.3) is 0 Å². The second kappa shape index (κ2) is 15.0. The fraction of sp³-hybridized carbons (Fsp3) is 0.619. The Hall–Kier alpha value is -2.92. The van der Waals surface area contributed by atoms with Crippen molar-refractivity contribution in [3.8, 4) is 0 Å². The third-order valence-electron chi connectivity index (χ3n) is 3.60. The predicted molar refractivity (Wildman–Crippen MR) is 117 cm³/mol. The maximum atomic E-state index is 12.6. The molecule has 0 bridgehead atoms. The minimum absolute atomic E-state index is 0.136. The van der Waals surface area contributed by atoms with Crippen molar-refractivity contribution in [2.24, 2.45) is 0 Å². The Morgan fingerprint density at radius 3 is 1.88 bits per heavy atom. The summed E-state index contributed by atoms with van der Waals surface area (Å²) in [5.74, 6) is -2.04. The highest BCUT2D eigenvalue weighted by atomic mass is 16.6. The Morgan fingerprint density at radius 2 is 1.41 bits per heavy atom. The molecule has 3 atom stereocenters. The van der Waals surface area contributed by atoms with Crippen LogP contribution in [0.3, 0.4) is 0 Å². The number of hydrogen-bond acceptors (Lipinski definition) is 8. The molecule has 3 amide bonds. The molecular formula is C21H35N3O8. The first kappa shape index (κ1) is 29.1. The number of carbonyl (C=O) groups excluding carboxylic acids is 4. The maximum absolute atomic E-state index is 12.6. The molecule has 0 aromatic heterocycles. The average Bonchev–Trinajstić information content (AvgIpc) is 2.70. The molecule has 0 rings (SSSR count). The summed E-state index contributed by atoms with van der Waals surface area (Å²) < 4.78 is 20.3. The van der Waals surface area contributed by atoms with Crippen LogP contribution in [0.4, 0.5) is 4.79 Å². The van der Waals surface area contributed by atoms with Gasteiger partial charge in [-0.3, -0.25) is 9.59 Å². The molecule has 0 radical (unpaired) electrons. The Kier molecular flexibility index (Phi) is 13.6. The Labute approximate surface area is 188 Å².